The van der Waals surface area contributed by atoms with E-state index in [0.29, 0.717) is 5.56 Å². The van der Waals surface area contributed by atoms with E-state index in [2.05, 4.69) is 4.98 Å². The number of nitrogens with one attached hydrogen (secondary N) is 2. The molecule has 0 saturated carbocycles. The number of nitrogens with zero attached hydrogens (tertiary/aromatic N) is 1. The Bertz CT molecular complexity index is 658. The summed E-state index contributed by atoms with van der Waals surface area (Å²) >= 11 is 0. The molecular formula is C10H7N3O4. The number of benzene rings is 1. The number of H-pyrrole nitrogens is 2. The molecule has 0 spiro atoms. The molecule has 0 aliphatic rings. The second kappa shape index (κ2) is 4.05. The van der Waals surface area contributed by atoms with Gasteiger partial charge in [0, 0.05) is 23.8 Å². The fraction of sp³-hybridized carbons (Fsp3) is 0. The van der Waals surface area contributed by atoms with E-state index in [-0.39, 0.29) is 11.4 Å². The lowest BCUT2D eigenvalue weighted by Crippen LogP contribution is -2.21. The van der Waals surface area contributed by atoms with Crippen LogP contribution in [0.2, 0.25) is 0 Å². The van der Waals surface area contributed by atoms with Crippen LogP contribution in [0, 0.1) is 10.1 Å². The smallest absolute Gasteiger partial charge is 0.307 e. The highest BCUT2D eigenvalue weighted by atomic mass is 16.6. The minimum absolute atomic E-state index is 0.108. The first-order valence-electron chi connectivity index (χ1n) is 4.65. The van der Waals surface area contributed by atoms with Crippen LogP contribution in [0.1, 0.15) is 0 Å². The minimum atomic E-state index is -0.654. The molecular weight excluding hydrogens is 226 g/mol. The maximum atomic E-state index is 11.1. The molecule has 7 heteroatoms. The van der Waals surface area contributed by atoms with Gasteiger partial charge in [-0.1, -0.05) is 12.1 Å². The zero-order chi connectivity index (χ0) is 12.4. The van der Waals surface area contributed by atoms with Crippen molar-refractivity contribution in [3.8, 4) is 11.3 Å². The third kappa shape index (κ3) is 2.28. The van der Waals surface area contributed by atoms with Crippen LogP contribution < -0.4 is 11.2 Å². The van der Waals surface area contributed by atoms with Crippen molar-refractivity contribution < 1.29 is 4.92 Å². The molecule has 2 N–H and O–H groups in total. The van der Waals surface area contributed by atoms with E-state index in [1.54, 1.807) is 6.07 Å². The van der Waals surface area contributed by atoms with Gasteiger partial charge in [-0.2, -0.15) is 0 Å². The Labute approximate surface area is 93.9 Å². The second-order valence-electron chi connectivity index (χ2n) is 3.31. The van der Waals surface area contributed by atoms with Crippen LogP contribution in [0.25, 0.3) is 11.3 Å². The fourth-order valence-corrected chi connectivity index (χ4v) is 1.41. The number of nitro groups is 1. The van der Waals surface area contributed by atoms with Crippen LogP contribution >= 0.6 is 0 Å². The van der Waals surface area contributed by atoms with Crippen molar-refractivity contribution in [1.29, 1.82) is 0 Å². The number of aromatic amines is 2. The van der Waals surface area contributed by atoms with Crippen molar-refractivity contribution in [3.05, 3.63) is 61.3 Å². The number of nitro benzene ring substituents is 1. The summed E-state index contributed by atoms with van der Waals surface area (Å²) < 4.78 is 0. The number of hydrogen-bond donors (Lipinski definition) is 2. The number of non-ortho nitro benzene ring substituents is 1. The van der Waals surface area contributed by atoms with E-state index < -0.39 is 16.2 Å². The normalized spacial score (nSPS) is 10.1. The van der Waals surface area contributed by atoms with Crippen LogP contribution in [0.5, 0.6) is 0 Å². The standard InChI is InChI=1S/C10H7N3O4/c14-9-5-8(11-10(15)12-9)6-2-1-3-7(4-6)13(16)17/h1-5H,(H2,11,12,14,15). The van der Waals surface area contributed by atoms with Crippen molar-refractivity contribution in [1.82, 2.24) is 9.97 Å². The molecule has 0 atom stereocenters. The van der Waals surface area contributed by atoms with Crippen molar-refractivity contribution in [3.63, 3.8) is 0 Å². The first kappa shape index (κ1) is 10.8. The van der Waals surface area contributed by atoms with Gasteiger partial charge in [-0.25, -0.2) is 4.79 Å². The largest absolute Gasteiger partial charge is 0.326 e. The topological polar surface area (TPSA) is 109 Å². The summed E-state index contributed by atoms with van der Waals surface area (Å²) in [6, 6.07) is 6.82. The van der Waals surface area contributed by atoms with Crippen molar-refractivity contribution in [2.45, 2.75) is 0 Å². The quantitative estimate of drug-likeness (QED) is 0.585. The predicted octanol–water partition coefficient (Wildman–Crippen LogP) is 0.638. The average molecular weight is 233 g/mol. The molecule has 2 rings (SSSR count). The first-order chi connectivity index (χ1) is 8.06. The summed E-state index contributed by atoms with van der Waals surface area (Å²) in [5, 5.41) is 10.6. The predicted molar refractivity (Wildman–Crippen MR) is 59.8 cm³/mol. The second-order valence-corrected chi connectivity index (χ2v) is 3.31. The Morgan fingerprint density at radius 2 is 1.88 bits per heavy atom. The molecule has 0 saturated heterocycles. The lowest BCUT2D eigenvalue weighted by atomic mass is 10.1. The minimum Gasteiger partial charge on any atom is -0.307 e. The van der Waals surface area contributed by atoms with Crippen LogP contribution in [0.4, 0.5) is 5.69 Å². The van der Waals surface area contributed by atoms with Crippen LogP contribution in [0.15, 0.2) is 39.9 Å². The molecule has 1 aromatic heterocycles. The molecule has 0 aliphatic heterocycles. The number of rotatable bonds is 2. The SMILES string of the molecule is O=c1cc(-c2cccc([N+](=O)[O-])c2)[nH]c(=O)[nH]1. The van der Waals surface area contributed by atoms with Crippen LogP contribution in [0.3, 0.4) is 0 Å². The highest BCUT2D eigenvalue weighted by Gasteiger charge is 2.08. The van der Waals surface area contributed by atoms with Gasteiger partial charge in [0.05, 0.1) is 10.6 Å². The Hall–Kier alpha value is -2.70. The average Bonchev–Trinajstić information content (AvgIpc) is 2.28. The van der Waals surface area contributed by atoms with Gasteiger partial charge in [-0.3, -0.25) is 19.9 Å². The van der Waals surface area contributed by atoms with Crippen molar-refractivity contribution in [2.75, 3.05) is 0 Å². The van der Waals surface area contributed by atoms with Gasteiger partial charge in [-0.05, 0) is 0 Å². The summed E-state index contributed by atoms with van der Waals surface area (Å²) in [4.78, 5) is 36.6. The van der Waals surface area contributed by atoms with Gasteiger partial charge in [0.1, 0.15) is 0 Å². The fourth-order valence-electron chi connectivity index (χ4n) is 1.41. The molecule has 86 valence electrons. The summed E-state index contributed by atoms with van der Waals surface area (Å²) in [5.74, 6) is 0. The molecule has 0 bridgehead atoms. The maximum absolute atomic E-state index is 11.1. The molecule has 0 unspecified atom stereocenters. The van der Waals surface area contributed by atoms with Crippen LogP contribution in [-0.4, -0.2) is 14.9 Å². The van der Waals surface area contributed by atoms with Gasteiger partial charge in [0.25, 0.3) is 11.2 Å². The Morgan fingerprint density at radius 3 is 2.53 bits per heavy atom. The van der Waals surface area contributed by atoms with Crippen molar-refractivity contribution >= 4 is 5.69 Å². The van der Waals surface area contributed by atoms with E-state index in [9.17, 15) is 19.7 Å². The Morgan fingerprint density at radius 1 is 1.12 bits per heavy atom. The van der Waals surface area contributed by atoms with Crippen LogP contribution in [-0.2, 0) is 0 Å². The van der Waals surface area contributed by atoms with Gasteiger partial charge < -0.3 is 4.98 Å². The molecule has 2 aromatic rings. The highest BCUT2D eigenvalue weighted by Crippen LogP contribution is 2.20. The molecule has 1 aromatic carbocycles. The first-order valence-corrected chi connectivity index (χ1v) is 4.65. The van der Waals surface area contributed by atoms with E-state index in [0.717, 1.165) is 0 Å². The lowest BCUT2D eigenvalue weighted by Gasteiger charge is -1.99. The van der Waals surface area contributed by atoms with E-state index in [4.69, 9.17) is 0 Å². The molecule has 17 heavy (non-hydrogen) atoms. The van der Waals surface area contributed by atoms with E-state index >= 15 is 0 Å². The van der Waals surface area contributed by atoms with Gasteiger partial charge >= 0.3 is 5.69 Å². The molecule has 0 aliphatic carbocycles. The van der Waals surface area contributed by atoms with Gasteiger partial charge in [0.2, 0.25) is 0 Å². The molecule has 7 nitrogen and oxygen atoms in total. The maximum Gasteiger partial charge on any atom is 0.326 e. The third-order valence-corrected chi connectivity index (χ3v) is 2.13. The summed E-state index contributed by atoms with van der Waals surface area (Å²) in [7, 11) is 0. The number of hydrogen-bond acceptors (Lipinski definition) is 4. The van der Waals surface area contributed by atoms with Gasteiger partial charge in [-0.15, -0.1) is 0 Å². The van der Waals surface area contributed by atoms with E-state index in [1.807, 2.05) is 4.98 Å². The summed E-state index contributed by atoms with van der Waals surface area (Å²) in [5.41, 5.74) is -0.678. The Balaban J connectivity index is 2.60. The molecule has 0 amide bonds. The van der Waals surface area contributed by atoms with Crippen molar-refractivity contribution in [2.24, 2.45) is 0 Å². The summed E-state index contributed by atoms with van der Waals surface area (Å²) in [6.45, 7) is 0. The lowest BCUT2D eigenvalue weighted by molar-refractivity contribution is -0.384. The highest BCUT2D eigenvalue weighted by molar-refractivity contribution is 5.61. The summed E-state index contributed by atoms with van der Waals surface area (Å²) in [6.07, 6.45) is 0. The zero-order valence-corrected chi connectivity index (χ0v) is 8.47. The molecule has 0 radical (unpaired) electrons. The van der Waals surface area contributed by atoms with Gasteiger partial charge in [0.15, 0.2) is 0 Å². The molecule has 1 heterocycles. The monoisotopic (exact) mass is 233 g/mol. The third-order valence-electron chi connectivity index (χ3n) is 2.13. The zero-order valence-electron chi connectivity index (χ0n) is 8.47. The Kier molecular flexibility index (Phi) is 2.57. The molecule has 0 fully saturated rings. The number of aromatic nitrogens is 2. The van der Waals surface area contributed by atoms with E-state index in [1.165, 1.54) is 24.3 Å².